The Morgan fingerprint density at radius 1 is 1.27 bits per heavy atom. The summed E-state index contributed by atoms with van der Waals surface area (Å²) in [6, 6.07) is 5.44. The molecule has 0 aliphatic carbocycles. The molecule has 6 nitrogen and oxygen atoms in total. The number of hydrogen-bond acceptors (Lipinski definition) is 3. The Balaban J connectivity index is 0.000000423. The van der Waals surface area contributed by atoms with Crippen molar-refractivity contribution in [1.82, 2.24) is 0 Å². The van der Waals surface area contributed by atoms with Crippen molar-refractivity contribution in [3.05, 3.63) is 29.8 Å². The standard InChI is InChI=1S/C7H8O3S.CH4N2O/c1-6-4-2-3-5-7(6)11(8,9)10;2-1(3)4/h2-5H,1H3,(H,8,9,10);(H4,2,3,4). The van der Waals surface area contributed by atoms with Crippen molar-refractivity contribution in [3.63, 3.8) is 0 Å². The van der Waals surface area contributed by atoms with Gasteiger partial charge < -0.3 is 11.5 Å². The molecule has 0 fully saturated rings. The van der Waals surface area contributed by atoms with Crippen molar-refractivity contribution in [2.45, 2.75) is 11.8 Å². The van der Waals surface area contributed by atoms with Crippen LogP contribution in [0.2, 0.25) is 0 Å². The van der Waals surface area contributed by atoms with Crippen molar-refractivity contribution in [3.8, 4) is 0 Å². The fourth-order valence-corrected chi connectivity index (χ4v) is 1.57. The van der Waals surface area contributed by atoms with Crippen molar-refractivity contribution in [2.75, 3.05) is 0 Å². The third-order valence-electron chi connectivity index (χ3n) is 1.37. The summed E-state index contributed by atoms with van der Waals surface area (Å²) in [5.41, 5.74) is 9.05. The van der Waals surface area contributed by atoms with Gasteiger partial charge in [0.25, 0.3) is 10.1 Å². The lowest BCUT2D eigenvalue weighted by molar-refractivity contribution is 0.256. The van der Waals surface area contributed by atoms with Gasteiger partial charge in [-0.25, -0.2) is 4.79 Å². The van der Waals surface area contributed by atoms with Crippen molar-refractivity contribution < 1.29 is 17.8 Å². The SMILES string of the molecule is Cc1ccccc1S(=O)(=O)O.NC(N)=O. The monoisotopic (exact) mass is 232 g/mol. The number of hydrogen-bond donors (Lipinski definition) is 3. The zero-order valence-corrected chi connectivity index (χ0v) is 8.86. The Hall–Kier alpha value is -1.60. The molecule has 0 saturated heterocycles. The maximum Gasteiger partial charge on any atom is 0.309 e. The second-order valence-corrected chi connectivity index (χ2v) is 4.03. The predicted octanol–water partition coefficient (Wildman–Crippen LogP) is 0.266. The topological polar surface area (TPSA) is 123 Å². The maximum atomic E-state index is 10.6. The summed E-state index contributed by atoms with van der Waals surface area (Å²) in [6.07, 6.45) is 0. The van der Waals surface area contributed by atoms with Crippen LogP contribution in [-0.4, -0.2) is 19.0 Å². The lowest BCUT2D eigenvalue weighted by Crippen LogP contribution is -2.18. The summed E-state index contributed by atoms with van der Waals surface area (Å²) >= 11 is 0. The van der Waals surface area contributed by atoms with E-state index in [0.29, 0.717) is 5.56 Å². The Morgan fingerprint density at radius 3 is 1.93 bits per heavy atom. The first-order valence-electron chi connectivity index (χ1n) is 3.83. The van der Waals surface area contributed by atoms with Crippen LogP contribution in [0.25, 0.3) is 0 Å². The van der Waals surface area contributed by atoms with E-state index in [1.54, 1.807) is 25.1 Å². The van der Waals surface area contributed by atoms with Gasteiger partial charge in [-0.1, -0.05) is 18.2 Å². The normalized spacial score (nSPS) is 10.0. The first-order chi connectivity index (χ1) is 6.75. The Morgan fingerprint density at radius 2 is 1.67 bits per heavy atom. The molecule has 0 heterocycles. The third kappa shape index (κ3) is 5.66. The second kappa shape index (κ2) is 5.32. The van der Waals surface area contributed by atoms with Crippen LogP contribution in [0.1, 0.15) is 5.56 Å². The minimum atomic E-state index is -4.03. The largest absolute Gasteiger partial charge is 0.352 e. The number of rotatable bonds is 1. The Kier molecular flexibility index (Phi) is 4.75. The second-order valence-electron chi connectivity index (χ2n) is 2.64. The van der Waals surface area contributed by atoms with Crippen molar-refractivity contribution in [2.24, 2.45) is 11.5 Å². The molecule has 1 aromatic rings. The zero-order valence-electron chi connectivity index (χ0n) is 8.04. The number of aryl methyl sites for hydroxylation is 1. The van der Waals surface area contributed by atoms with Gasteiger partial charge in [-0.2, -0.15) is 8.42 Å². The Labute approximate surface area is 87.6 Å². The molecule has 0 atom stereocenters. The summed E-state index contributed by atoms with van der Waals surface area (Å²) < 4.78 is 29.9. The molecular formula is C8H12N2O4S. The quantitative estimate of drug-likeness (QED) is 0.601. The van der Waals surface area contributed by atoms with E-state index in [2.05, 4.69) is 11.5 Å². The van der Waals surface area contributed by atoms with Gasteiger partial charge in [-0.3, -0.25) is 4.55 Å². The number of urea groups is 1. The minimum absolute atomic E-state index is 0.0278. The summed E-state index contributed by atoms with van der Waals surface area (Å²) in [4.78, 5) is 8.97. The summed E-state index contributed by atoms with van der Waals surface area (Å²) in [7, 11) is -4.03. The fourth-order valence-electron chi connectivity index (χ4n) is 0.846. The molecule has 0 unspecified atom stereocenters. The average Bonchev–Trinajstić information content (AvgIpc) is 2.01. The molecule has 7 heteroatoms. The van der Waals surface area contributed by atoms with Gasteiger partial charge in [0.05, 0.1) is 4.90 Å². The highest BCUT2D eigenvalue weighted by Gasteiger charge is 2.10. The number of carbonyl (C=O) groups excluding carboxylic acids is 1. The van der Waals surface area contributed by atoms with Crippen molar-refractivity contribution in [1.29, 1.82) is 0 Å². The molecule has 15 heavy (non-hydrogen) atoms. The van der Waals surface area contributed by atoms with E-state index in [4.69, 9.17) is 9.35 Å². The number of benzene rings is 1. The van der Waals surface area contributed by atoms with Crippen LogP contribution in [0.15, 0.2) is 29.2 Å². The summed E-state index contributed by atoms with van der Waals surface area (Å²) in [5.74, 6) is 0. The molecular weight excluding hydrogens is 220 g/mol. The summed E-state index contributed by atoms with van der Waals surface area (Å²) in [5, 5.41) is 0. The average molecular weight is 232 g/mol. The highest BCUT2D eigenvalue weighted by atomic mass is 32.2. The van der Waals surface area contributed by atoms with Crippen LogP contribution < -0.4 is 11.5 Å². The molecule has 0 aliphatic rings. The summed E-state index contributed by atoms with van der Waals surface area (Å²) in [6.45, 7) is 1.63. The highest BCUT2D eigenvalue weighted by Crippen LogP contribution is 2.12. The smallest absolute Gasteiger partial charge is 0.309 e. The van der Waals surface area contributed by atoms with Gasteiger partial charge >= 0.3 is 6.03 Å². The van der Waals surface area contributed by atoms with Crippen LogP contribution in [0.4, 0.5) is 4.79 Å². The Bertz CT molecular complexity index is 438. The highest BCUT2D eigenvalue weighted by molar-refractivity contribution is 7.85. The van der Waals surface area contributed by atoms with Crippen LogP contribution in [0.5, 0.6) is 0 Å². The molecule has 0 aliphatic heterocycles. The van der Waals surface area contributed by atoms with Gasteiger partial charge in [0.1, 0.15) is 0 Å². The van der Waals surface area contributed by atoms with Crippen LogP contribution in [0.3, 0.4) is 0 Å². The lowest BCUT2D eigenvalue weighted by atomic mass is 10.2. The molecule has 84 valence electrons. The van der Waals surface area contributed by atoms with Crippen LogP contribution in [-0.2, 0) is 10.1 Å². The number of primary amides is 2. The van der Waals surface area contributed by atoms with E-state index >= 15 is 0 Å². The predicted molar refractivity (Wildman–Crippen MR) is 54.8 cm³/mol. The van der Waals surface area contributed by atoms with Gasteiger partial charge in [0, 0.05) is 0 Å². The fraction of sp³-hybridized carbons (Fsp3) is 0.125. The third-order valence-corrected chi connectivity index (χ3v) is 2.39. The molecule has 0 saturated carbocycles. The molecule has 1 aromatic carbocycles. The maximum absolute atomic E-state index is 10.6. The molecule has 1 rings (SSSR count). The van der Waals surface area contributed by atoms with E-state index in [0.717, 1.165) is 0 Å². The minimum Gasteiger partial charge on any atom is -0.352 e. The van der Waals surface area contributed by atoms with Gasteiger partial charge in [-0.15, -0.1) is 0 Å². The van der Waals surface area contributed by atoms with Gasteiger partial charge in [0.15, 0.2) is 0 Å². The number of amides is 2. The number of carbonyl (C=O) groups is 1. The van der Waals surface area contributed by atoms with Gasteiger partial charge in [0.2, 0.25) is 0 Å². The molecule has 0 spiro atoms. The zero-order chi connectivity index (χ0) is 12.1. The van der Waals surface area contributed by atoms with E-state index in [1.807, 2.05) is 0 Å². The molecule has 2 amide bonds. The van der Waals surface area contributed by atoms with Crippen LogP contribution in [0, 0.1) is 6.92 Å². The molecule has 0 aromatic heterocycles. The molecule has 0 bridgehead atoms. The van der Waals surface area contributed by atoms with E-state index in [1.165, 1.54) is 6.07 Å². The first-order valence-corrected chi connectivity index (χ1v) is 5.27. The number of nitrogens with two attached hydrogens (primary N) is 2. The van der Waals surface area contributed by atoms with E-state index < -0.39 is 16.1 Å². The lowest BCUT2D eigenvalue weighted by Gasteiger charge is -1.99. The molecule has 0 radical (unpaired) electrons. The van der Waals surface area contributed by atoms with E-state index in [9.17, 15) is 8.42 Å². The van der Waals surface area contributed by atoms with Crippen molar-refractivity contribution >= 4 is 16.1 Å². The van der Waals surface area contributed by atoms with Crippen LogP contribution >= 0.6 is 0 Å². The van der Waals surface area contributed by atoms with E-state index in [-0.39, 0.29) is 4.90 Å². The van der Waals surface area contributed by atoms with Gasteiger partial charge in [-0.05, 0) is 18.6 Å². The molecule has 5 N–H and O–H groups in total. The first kappa shape index (κ1) is 13.4.